The van der Waals surface area contributed by atoms with Gasteiger partial charge in [0.15, 0.2) is 0 Å². The number of fused-ring (bicyclic) bond motifs is 4. The number of halogens is 3. The van der Waals surface area contributed by atoms with Crippen molar-refractivity contribution in [3.63, 3.8) is 0 Å². The largest absolute Gasteiger partial charge is 0.416 e. The number of benzene rings is 1. The first-order valence-electron chi connectivity index (χ1n) is 9.18. The molecular weight excluding hydrogens is 343 g/mol. The fourth-order valence-corrected chi connectivity index (χ4v) is 4.61. The van der Waals surface area contributed by atoms with Crippen LogP contribution < -0.4 is 4.90 Å². The Hall–Kier alpha value is -1.76. The van der Waals surface area contributed by atoms with E-state index in [1.807, 2.05) is 13.8 Å². The predicted octanol–water partition coefficient (Wildman–Crippen LogP) is 3.35. The van der Waals surface area contributed by atoms with Crippen LogP contribution in [0.2, 0.25) is 0 Å². The quantitative estimate of drug-likeness (QED) is 0.802. The van der Waals surface area contributed by atoms with Gasteiger partial charge < -0.3 is 9.80 Å². The number of carbonyl (C=O) groups is 1. The molecule has 3 fully saturated rings. The first-order valence-corrected chi connectivity index (χ1v) is 9.18. The monoisotopic (exact) mass is 367 g/mol. The third kappa shape index (κ3) is 2.68. The van der Waals surface area contributed by atoms with E-state index in [2.05, 4.69) is 16.8 Å². The van der Waals surface area contributed by atoms with Crippen LogP contribution in [0.15, 0.2) is 12.1 Å². The summed E-state index contributed by atoms with van der Waals surface area (Å²) < 4.78 is 41.2. The molecule has 0 N–H and O–H groups in total. The summed E-state index contributed by atoms with van der Waals surface area (Å²) in [6, 6.07) is 3.40. The number of carbonyl (C=O) groups excluding carboxylic acids is 1. The van der Waals surface area contributed by atoms with Crippen molar-refractivity contribution in [1.82, 2.24) is 9.80 Å². The maximum absolute atomic E-state index is 13.7. The molecule has 0 aliphatic carbocycles. The summed E-state index contributed by atoms with van der Waals surface area (Å²) in [4.78, 5) is 18.6. The number of amides is 1. The molecule has 1 amide bonds. The maximum Gasteiger partial charge on any atom is 0.416 e. The zero-order valence-electron chi connectivity index (χ0n) is 15.3. The molecule has 4 nitrogen and oxygen atoms in total. The Morgan fingerprint density at radius 1 is 1.12 bits per heavy atom. The number of rotatable bonds is 2. The fraction of sp³-hybridized carbons (Fsp3) is 0.632. The van der Waals surface area contributed by atoms with E-state index in [-0.39, 0.29) is 35.7 Å². The van der Waals surface area contributed by atoms with Gasteiger partial charge in [0.05, 0.1) is 5.56 Å². The summed E-state index contributed by atoms with van der Waals surface area (Å²) in [7, 11) is 2.07. The van der Waals surface area contributed by atoms with E-state index in [9.17, 15) is 18.0 Å². The Labute approximate surface area is 151 Å². The number of likely N-dealkylation sites (N-methyl/N-ethyl adjacent to an activating group) is 1. The van der Waals surface area contributed by atoms with Crippen LogP contribution in [-0.2, 0) is 12.7 Å². The molecule has 0 aromatic heterocycles. The molecule has 3 saturated heterocycles. The Bertz CT molecular complexity index is 746. The number of alkyl halides is 3. The molecule has 0 radical (unpaired) electrons. The van der Waals surface area contributed by atoms with Crippen LogP contribution >= 0.6 is 0 Å². The van der Waals surface area contributed by atoms with Gasteiger partial charge >= 0.3 is 6.18 Å². The number of anilines is 1. The van der Waals surface area contributed by atoms with E-state index in [1.54, 1.807) is 6.07 Å². The van der Waals surface area contributed by atoms with Crippen LogP contribution in [0.3, 0.4) is 0 Å². The SMILES string of the molecule is CC(C)N1Cc2c(cc(N3CC4CCC3CN4C)cc2C(F)(F)F)C1=O. The molecule has 1 aromatic carbocycles. The first kappa shape index (κ1) is 17.6. The van der Waals surface area contributed by atoms with Crippen molar-refractivity contribution >= 4 is 11.6 Å². The second-order valence-corrected chi connectivity index (χ2v) is 8.02. The number of hydrogen-bond acceptors (Lipinski definition) is 3. The lowest BCUT2D eigenvalue weighted by Gasteiger charge is -2.51. The lowest BCUT2D eigenvalue weighted by Crippen LogP contribution is -2.61. The minimum absolute atomic E-state index is 0.0374. The van der Waals surface area contributed by atoms with Gasteiger partial charge in [0.2, 0.25) is 0 Å². The molecule has 7 heteroatoms. The van der Waals surface area contributed by atoms with Gasteiger partial charge in [-0.1, -0.05) is 0 Å². The smallest absolute Gasteiger partial charge is 0.366 e. The lowest BCUT2D eigenvalue weighted by atomic mass is 9.90. The summed E-state index contributed by atoms with van der Waals surface area (Å²) in [5.74, 6) is -0.290. The zero-order chi connectivity index (χ0) is 18.8. The molecule has 4 aliphatic heterocycles. The molecule has 5 rings (SSSR count). The molecule has 1 aromatic rings. The van der Waals surface area contributed by atoms with Gasteiger partial charge in [-0.2, -0.15) is 13.2 Å². The average molecular weight is 367 g/mol. The fourth-order valence-electron chi connectivity index (χ4n) is 4.61. The molecule has 4 aliphatic rings. The third-order valence-electron chi connectivity index (χ3n) is 6.12. The van der Waals surface area contributed by atoms with Crippen molar-refractivity contribution < 1.29 is 18.0 Å². The van der Waals surface area contributed by atoms with Gasteiger partial charge in [0, 0.05) is 49.0 Å². The van der Waals surface area contributed by atoms with Gasteiger partial charge in [-0.15, -0.1) is 0 Å². The molecule has 2 atom stereocenters. The van der Waals surface area contributed by atoms with Gasteiger partial charge in [-0.05, 0) is 51.4 Å². The zero-order valence-corrected chi connectivity index (χ0v) is 15.3. The molecular formula is C19H24F3N3O. The maximum atomic E-state index is 13.7. The first-order chi connectivity index (χ1) is 12.2. The van der Waals surface area contributed by atoms with Gasteiger partial charge in [0.1, 0.15) is 0 Å². The Morgan fingerprint density at radius 3 is 2.35 bits per heavy atom. The molecule has 4 heterocycles. The summed E-state index contributed by atoms with van der Waals surface area (Å²) in [6.07, 6.45) is -2.40. The summed E-state index contributed by atoms with van der Waals surface area (Å²) in [5, 5.41) is 0. The van der Waals surface area contributed by atoms with Crippen LogP contribution in [0.4, 0.5) is 18.9 Å². The highest BCUT2D eigenvalue weighted by Gasteiger charge is 2.43. The summed E-state index contributed by atoms with van der Waals surface area (Å²) in [6.45, 7) is 5.28. The second kappa shape index (κ2) is 5.87. The number of nitrogens with zero attached hydrogens (tertiary/aromatic N) is 3. The highest BCUT2D eigenvalue weighted by molar-refractivity contribution is 6.00. The van der Waals surface area contributed by atoms with E-state index in [1.165, 1.54) is 11.0 Å². The third-order valence-corrected chi connectivity index (χ3v) is 6.12. The summed E-state index contributed by atoms with van der Waals surface area (Å²) >= 11 is 0. The van der Waals surface area contributed by atoms with Crippen molar-refractivity contribution in [2.75, 3.05) is 25.0 Å². The molecule has 2 unspecified atom stereocenters. The molecule has 0 saturated carbocycles. The standard InChI is InChI=1S/C19H24F3N3O/c1-11(2)24-10-16-15(18(24)26)6-14(7-17(16)19(20,21)22)25-9-12-4-5-13(25)8-23(12)3/h6-7,11-13H,4-5,8-10H2,1-3H3. The minimum atomic E-state index is -4.46. The summed E-state index contributed by atoms with van der Waals surface area (Å²) in [5.41, 5.74) is 0.228. The van der Waals surface area contributed by atoms with Crippen LogP contribution in [0, 0.1) is 0 Å². The van der Waals surface area contributed by atoms with Gasteiger partial charge in [0.25, 0.3) is 5.91 Å². The Morgan fingerprint density at radius 2 is 1.81 bits per heavy atom. The van der Waals surface area contributed by atoms with Crippen molar-refractivity contribution in [1.29, 1.82) is 0 Å². The molecule has 26 heavy (non-hydrogen) atoms. The normalized spacial score (nSPS) is 26.2. The number of piperidine rings is 2. The molecule has 142 valence electrons. The average Bonchev–Trinajstić information content (AvgIpc) is 2.91. The van der Waals surface area contributed by atoms with Crippen LogP contribution in [-0.4, -0.2) is 54.0 Å². The van der Waals surface area contributed by atoms with Crippen LogP contribution in [0.5, 0.6) is 0 Å². The van der Waals surface area contributed by atoms with Crippen molar-refractivity contribution in [2.24, 2.45) is 0 Å². The highest BCUT2D eigenvalue weighted by atomic mass is 19.4. The minimum Gasteiger partial charge on any atom is -0.366 e. The molecule has 0 spiro atoms. The van der Waals surface area contributed by atoms with Gasteiger partial charge in [-0.3, -0.25) is 9.69 Å². The van der Waals surface area contributed by atoms with E-state index in [0.29, 0.717) is 11.7 Å². The topological polar surface area (TPSA) is 26.8 Å². The number of hydrogen-bond donors (Lipinski definition) is 0. The lowest BCUT2D eigenvalue weighted by molar-refractivity contribution is -0.138. The van der Waals surface area contributed by atoms with E-state index >= 15 is 0 Å². The number of piperazine rings is 1. The van der Waals surface area contributed by atoms with E-state index in [4.69, 9.17) is 0 Å². The second-order valence-electron chi connectivity index (χ2n) is 8.02. The van der Waals surface area contributed by atoms with Crippen molar-refractivity contribution in [3.8, 4) is 0 Å². The Kier molecular flexibility index (Phi) is 3.99. The Balaban J connectivity index is 1.78. The van der Waals surface area contributed by atoms with Crippen LogP contribution in [0.1, 0.15) is 48.2 Å². The molecule has 2 bridgehead atoms. The van der Waals surface area contributed by atoms with Gasteiger partial charge in [-0.25, -0.2) is 0 Å². The van der Waals surface area contributed by atoms with Crippen molar-refractivity contribution in [3.05, 3.63) is 28.8 Å². The van der Waals surface area contributed by atoms with E-state index in [0.717, 1.165) is 25.9 Å². The predicted molar refractivity (Wildman–Crippen MR) is 93.2 cm³/mol. The van der Waals surface area contributed by atoms with Crippen LogP contribution in [0.25, 0.3) is 0 Å². The highest BCUT2D eigenvalue weighted by Crippen LogP contribution is 2.42. The van der Waals surface area contributed by atoms with E-state index < -0.39 is 11.7 Å². The van der Waals surface area contributed by atoms with Crippen molar-refractivity contribution in [2.45, 2.75) is 57.5 Å².